The Labute approximate surface area is 147 Å². The number of thioether (sulfide) groups is 1. The Morgan fingerprint density at radius 3 is 2.71 bits per heavy atom. The first kappa shape index (κ1) is 17.1. The number of nitrogens with zero attached hydrogens (tertiary/aromatic N) is 2. The van der Waals surface area contributed by atoms with Crippen LogP contribution >= 0.6 is 11.8 Å². The molecule has 1 aliphatic carbocycles. The summed E-state index contributed by atoms with van der Waals surface area (Å²) in [5.41, 5.74) is 4.51. The first-order valence-electron chi connectivity index (χ1n) is 8.80. The quantitative estimate of drug-likeness (QED) is 0.640. The average molecular weight is 343 g/mol. The Hall–Kier alpha value is -1.75. The fourth-order valence-corrected chi connectivity index (χ4v) is 4.18. The van der Waals surface area contributed by atoms with E-state index in [0.717, 1.165) is 60.9 Å². The molecule has 0 radical (unpaired) electrons. The van der Waals surface area contributed by atoms with Gasteiger partial charge in [-0.1, -0.05) is 30.0 Å². The highest BCUT2D eigenvalue weighted by atomic mass is 32.2. The molecule has 1 N–H and O–H groups in total. The molecule has 0 aliphatic heterocycles. The molecule has 0 atom stereocenters. The molecule has 5 heteroatoms. The van der Waals surface area contributed by atoms with E-state index < -0.39 is 0 Å². The Kier molecular flexibility index (Phi) is 5.61. The fraction of sp³-hybridized carbons (Fsp3) is 0.474. The monoisotopic (exact) mass is 343 g/mol. The van der Waals surface area contributed by atoms with Crippen molar-refractivity contribution in [1.82, 2.24) is 9.97 Å². The van der Waals surface area contributed by atoms with E-state index in [1.165, 1.54) is 11.3 Å². The number of hydrogen-bond acceptors (Lipinski definition) is 4. The van der Waals surface area contributed by atoms with E-state index in [2.05, 4.69) is 48.0 Å². The van der Waals surface area contributed by atoms with Crippen LogP contribution in [0.15, 0.2) is 34.2 Å². The van der Waals surface area contributed by atoms with Crippen molar-refractivity contribution in [3.8, 4) is 0 Å². The molecule has 2 aromatic rings. The molecular weight excluding hydrogens is 318 g/mol. The van der Waals surface area contributed by atoms with Gasteiger partial charge in [0.2, 0.25) is 0 Å². The van der Waals surface area contributed by atoms with Crippen LogP contribution in [0.5, 0.6) is 0 Å². The third kappa shape index (κ3) is 3.66. The van der Waals surface area contributed by atoms with Crippen LogP contribution in [0.3, 0.4) is 0 Å². The number of fused-ring (bicyclic) bond motifs is 1. The van der Waals surface area contributed by atoms with Crippen molar-refractivity contribution in [3.05, 3.63) is 51.4 Å². The van der Waals surface area contributed by atoms with Gasteiger partial charge in [-0.2, -0.15) is 0 Å². The van der Waals surface area contributed by atoms with Crippen LogP contribution in [0.2, 0.25) is 0 Å². The number of H-pyrrole nitrogens is 1. The molecule has 0 unspecified atom stereocenters. The average Bonchev–Trinajstić information content (AvgIpc) is 2.62. The van der Waals surface area contributed by atoms with Crippen LogP contribution in [-0.4, -0.2) is 23.1 Å². The lowest BCUT2D eigenvalue weighted by Gasteiger charge is -2.24. The smallest absolute Gasteiger partial charge is 0.254 e. The lowest BCUT2D eigenvalue weighted by atomic mass is 9.97. The SMILES string of the molecule is CCN(CC)c1ccccc1CSc1nc2c(c(=O)[nH]1)CCCC2. The summed E-state index contributed by atoms with van der Waals surface area (Å²) in [5, 5.41) is 0.745. The van der Waals surface area contributed by atoms with Crippen LogP contribution in [0.25, 0.3) is 0 Å². The lowest BCUT2D eigenvalue weighted by molar-refractivity contribution is 0.641. The highest BCUT2D eigenvalue weighted by Gasteiger charge is 2.16. The number of aromatic nitrogens is 2. The molecule has 0 spiro atoms. The highest BCUT2D eigenvalue weighted by molar-refractivity contribution is 7.98. The number of aromatic amines is 1. The van der Waals surface area contributed by atoms with Crippen molar-refractivity contribution >= 4 is 17.4 Å². The van der Waals surface area contributed by atoms with Crippen molar-refractivity contribution in [3.63, 3.8) is 0 Å². The van der Waals surface area contributed by atoms with Gasteiger partial charge in [0.25, 0.3) is 5.56 Å². The largest absolute Gasteiger partial charge is 0.372 e. The minimum atomic E-state index is 0.0548. The number of aryl methyl sites for hydroxylation is 1. The zero-order valence-corrected chi connectivity index (χ0v) is 15.3. The molecule has 1 aromatic heterocycles. The van der Waals surface area contributed by atoms with Gasteiger partial charge in [-0.15, -0.1) is 0 Å². The molecule has 1 aliphatic rings. The fourth-order valence-electron chi connectivity index (χ4n) is 3.30. The minimum Gasteiger partial charge on any atom is -0.372 e. The summed E-state index contributed by atoms with van der Waals surface area (Å²) in [4.78, 5) is 22.3. The number of rotatable bonds is 6. The predicted molar refractivity (Wildman–Crippen MR) is 101 cm³/mol. The van der Waals surface area contributed by atoms with E-state index in [0.29, 0.717) is 0 Å². The second-order valence-corrected chi connectivity index (χ2v) is 7.06. The highest BCUT2D eigenvalue weighted by Crippen LogP contribution is 2.27. The Morgan fingerprint density at radius 2 is 1.92 bits per heavy atom. The summed E-state index contributed by atoms with van der Waals surface area (Å²) in [6.07, 6.45) is 4.04. The van der Waals surface area contributed by atoms with Gasteiger partial charge in [-0.05, 0) is 51.2 Å². The molecule has 1 heterocycles. The predicted octanol–water partition coefficient (Wildman–Crippen LogP) is 3.79. The maximum atomic E-state index is 12.2. The molecule has 4 nitrogen and oxygen atoms in total. The number of para-hydroxylation sites is 1. The summed E-state index contributed by atoms with van der Waals surface area (Å²) >= 11 is 1.62. The normalized spacial score (nSPS) is 13.6. The van der Waals surface area contributed by atoms with Crippen molar-refractivity contribution in [1.29, 1.82) is 0 Å². The van der Waals surface area contributed by atoms with E-state index in [1.54, 1.807) is 11.8 Å². The van der Waals surface area contributed by atoms with Crippen molar-refractivity contribution in [2.24, 2.45) is 0 Å². The van der Waals surface area contributed by atoms with Crippen LogP contribution in [-0.2, 0) is 18.6 Å². The molecular formula is C19H25N3OS. The van der Waals surface area contributed by atoms with Gasteiger partial charge in [-0.25, -0.2) is 4.98 Å². The van der Waals surface area contributed by atoms with Gasteiger partial charge < -0.3 is 9.88 Å². The summed E-state index contributed by atoms with van der Waals surface area (Å²) in [6.45, 7) is 6.34. The summed E-state index contributed by atoms with van der Waals surface area (Å²) in [7, 11) is 0. The van der Waals surface area contributed by atoms with Gasteiger partial charge in [-0.3, -0.25) is 4.79 Å². The first-order chi connectivity index (χ1) is 11.7. The molecule has 0 saturated carbocycles. The van der Waals surface area contributed by atoms with Gasteiger partial charge in [0.15, 0.2) is 5.16 Å². The van der Waals surface area contributed by atoms with Gasteiger partial charge in [0, 0.05) is 30.1 Å². The minimum absolute atomic E-state index is 0.0548. The van der Waals surface area contributed by atoms with Gasteiger partial charge in [0.1, 0.15) is 0 Å². The Morgan fingerprint density at radius 1 is 1.17 bits per heavy atom. The van der Waals surface area contributed by atoms with E-state index in [1.807, 2.05) is 0 Å². The van der Waals surface area contributed by atoms with Gasteiger partial charge >= 0.3 is 0 Å². The summed E-state index contributed by atoms with van der Waals surface area (Å²) in [6, 6.07) is 8.50. The van der Waals surface area contributed by atoms with E-state index in [9.17, 15) is 4.79 Å². The standard InChI is InChI=1S/C19H25N3OS/c1-3-22(4-2)17-12-8-5-9-14(17)13-24-19-20-16-11-7-6-10-15(16)18(23)21-19/h5,8-9,12H,3-4,6-7,10-11,13H2,1-2H3,(H,20,21,23). The number of nitrogens with one attached hydrogen (secondary N) is 1. The second kappa shape index (κ2) is 7.88. The first-order valence-corrected chi connectivity index (χ1v) is 9.79. The molecule has 3 rings (SSSR count). The third-order valence-electron chi connectivity index (χ3n) is 4.63. The van der Waals surface area contributed by atoms with Crippen molar-refractivity contribution < 1.29 is 0 Å². The molecule has 128 valence electrons. The Bertz CT molecular complexity index is 753. The molecule has 0 saturated heterocycles. The van der Waals surface area contributed by atoms with Crippen LogP contribution < -0.4 is 10.5 Å². The summed E-state index contributed by atoms with van der Waals surface area (Å²) < 4.78 is 0. The van der Waals surface area contributed by atoms with Crippen LogP contribution in [0, 0.1) is 0 Å². The van der Waals surface area contributed by atoms with E-state index >= 15 is 0 Å². The van der Waals surface area contributed by atoms with E-state index in [4.69, 9.17) is 4.98 Å². The van der Waals surface area contributed by atoms with Crippen molar-refractivity contribution in [2.75, 3.05) is 18.0 Å². The molecule has 0 bridgehead atoms. The number of anilines is 1. The molecule has 0 amide bonds. The van der Waals surface area contributed by atoms with Crippen molar-refractivity contribution in [2.45, 2.75) is 50.4 Å². The number of benzene rings is 1. The third-order valence-corrected chi connectivity index (χ3v) is 5.55. The molecule has 0 fully saturated rings. The van der Waals surface area contributed by atoms with Gasteiger partial charge in [0.05, 0.1) is 5.69 Å². The molecule has 24 heavy (non-hydrogen) atoms. The van der Waals surface area contributed by atoms with Crippen LogP contribution in [0.4, 0.5) is 5.69 Å². The number of hydrogen-bond donors (Lipinski definition) is 1. The zero-order chi connectivity index (χ0) is 16.9. The topological polar surface area (TPSA) is 49.0 Å². The second-order valence-electron chi connectivity index (χ2n) is 6.09. The zero-order valence-electron chi connectivity index (χ0n) is 14.5. The van der Waals surface area contributed by atoms with Crippen LogP contribution in [0.1, 0.15) is 43.5 Å². The maximum absolute atomic E-state index is 12.2. The molecule has 1 aromatic carbocycles. The summed E-state index contributed by atoms with van der Waals surface area (Å²) in [5.74, 6) is 0.814. The lowest BCUT2D eigenvalue weighted by Crippen LogP contribution is -2.23. The maximum Gasteiger partial charge on any atom is 0.254 e. The van der Waals surface area contributed by atoms with E-state index in [-0.39, 0.29) is 5.56 Å². The Balaban J connectivity index is 1.79.